The average molecular weight is 183 g/mol. The van der Waals surface area contributed by atoms with Gasteiger partial charge >= 0.3 is 0 Å². The largest absolute Gasteiger partial charge is 0.222 e. The molecule has 1 unspecified atom stereocenters. The van der Waals surface area contributed by atoms with Crippen LogP contribution in [0.1, 0.15) is 0 Å². The molecule has 1 rings (SSSR count). The fourth-order valence-corrected chi connectivity index (χ4v) is 2.20. The predicted molar refractivity (Wildman–Crippen MR) is 46.0 cm³/mol. The zero-order chi connectivity index (χ0) is 8.10. The Morgan fingerprint density at radius 2 is 2.36 bits per heavy atom. The molecular weight excluding hydrogens is 178 g/mol. The standard InChI is InChI=1S/C6H5N3S2/c7-4-6-9(5-8)11-3-1-2-10-6/h1,3,6H,2H2. The molecule has 11 heavy (non-hydrogen) atoms. The molecule has 5 heteroatoms. The Morgan fingerprint density at radius 3 is 3.00 bits per heavy atom. The molecule has 0 radical (unpaired) electrons. The molecule has 0 bridgehead atoms. The topological polar surface area (TPSA) is 50.8 Å². The van der Waals surface area contributed by atoms with Gasteiger partial charge in [-0.25, -0.2) is 4.31 Å². The van der Waals surface area contributed by atoms with Crippen molar-refractivity contribution in [2.24, 2.45) is 0 Å². The SMILES string of the molecule is N#CC1SCC=CSN1C#N. The van der Waals surface area contributed by atoms with E-state index in [1.165, 1.54) is 28.0 Å². The molecule has 0 N–H and O–H groups in total. The second kappa shape index (κ2) is 4.17. The van der Waals surface area contributed by atoms with Crippen molar-refractivity contribution >= 4 is 23.7 Å². The van der Waals surface area contributed by atoms with E-state index in [4.69, 9.17) is 10.5 Å². The van der Waals surface area contributed by atoms with Gasteiger partial charge < -0.3 is 0 Å². The van der Waals surface area contributed by atoms with E-state index >= 15 is 0 Å². The van der Waals surface area contributed by atoms with Gasteiger partial charge in [-0.2, -0.15) is 10.5 Å². The number of hydrogen-bond acceptors (Lipinski definition) is 5. The molecule has 0 spiro atoms. The molecule has 0 saturated carbocycles. The predicted octanol–water partition coefficient (Wildman–Crippen LogP) is 1.53. The van der Waals surface area contributed by atoms with Gasteiger partial charge in [-0.05, 0) is 17.4 Å². The van der Waals surface area contributed by atoms with Gasteiger partial charge in [0.1, 0.15) is 6.07 Å². The van der Waals surface area contributed by atoms with Crippen LogP contribution in [0.2, 0.25) is 0 Å². The molecule has 0 amide bonds. The minimum atomic E-state index is -0.347. The molecule has 1 heterocycles. The summed E-state index contributed by atoms with van der Waals surface area (Å²) < 4.78 is 1.38. The van der Waals surface area contributed by atoms with E-state index < -0.39 is 0 Å². The van der Waals surface area contributed by atoms with Crippen molar-refractivity contribution < 1.29 is 0 Å². The fourth-order valence-electron chi connectivity index (χ4n) is 0.583. The highest BCUT2D eigenvalue weighted by Crippen LogP contribution is 2.26. The Hall–Kier alpha value is -0.780. The van der Waals surface area contributed by atoms with Crippen LogP contribution in [0.5, 0.6) is 0 Å². The molecule has 0 aromatic carbocycles. The van der Waals surface area contributed by atoms with Gasteiger partial charge in [0.05, 0.1) is 0 Å². The first-order valence-corrected chi connectivity index (χ1v) is 4.79. The lowest BCUT2D eigenvalue weighted by Crippen LogP contribution is -2.18. The number of rotatable bonds is 0. The molecule has 0 saturated heterocycles. The third kappa shape index (κ3) is 2.07. The second-order valence-electron chi connectivity index (χ2n) is 1.72. The molecule has 1 aliphatic rings. The van der Waals surface area contributed by atoms with E-state index in [-0.39, 0.29) is 5.37 Å². The first-order valence-electron chi connectivity index (χ1n) is 2.90. The van der Waals surface area contributed by atoms with Crippen molar-refractivity contribution in [2.75, 3.05) is 5.75 Å². The molecule has 0 fully saturated rings. The summed E-state index contributed by atoms with van der Waals surface area (Å²) in [4.78, 5) is 0. The maximum atomic E-state index is 8.61. The van der Waals surface area contributed by atoms with Gasteiger partial charge in [-0.3, -0.25) is 0 Å². The molecule has 0 aromatic heterocycles. The summed E-state index contributed by atoms with van der Waals surface area (Å²) in [6.07, 6.45) is 3.89. The van der Waals surface area contributed by atoms with Crippen molar-refractivity contribution in [3.05, 3.63) is 11.5 Å². The summed E-state index contributed by atoms with van der Waals surface area (Å²) in [5.74, 6) is 0.795. The van der Waals surface area contributed by atoms with E-state index in [0.717, 1.165) is 5.75 Å². The van der Waals surface area contributed by atoms with Crippen LogP contribution in [-0.2, 0) is 0 Å². The summed E-state index contributed by atoms with van der Waals surface area (Å²) in [6.45, 7) is 0. The smallest absolute Gasteiger partial charge is 0.192 e. The minimum Gasteiger partial charge on any atom is -0.222 e. The molecule has 1 aliphatic heterocycles. The van der Waals surface area contributed by atoms with E-state index in [2.05, 4.69) is 6.07 Å². The van der Waals surface area contributed by atoms with Crippen molar-refractivity contribution in [3.8, 4) is 12.3 Å². The first-order chi connectivity index (χ1) is 5.38. The zero-order valence-electron chi connectivity index (χ0n) is 5.60. The van der Waals surface area contributed by atoms with Crippen LogP contribution in [0.25, 0.3) is 0 Å². The Balaban J connectivity index is 2.66. The van der Waals surface area contributed by atoms with Crippen molar-refractivity contribution in [3.63, 3.8) is 0 Å². The van der Waals surface area contributed by atoms with Crippen molar-refractivity contribution in [2.45, 2.75) is 5.37 Å². The minimum absolute atomic E-state index is 0.347. The number of hydrogen-bond donors (Lipinski definition) is 0. The first kappa shape index (κ1) is 8.32. The Labute approximate surface area is 73.8 Å². The third-order valence-corrected chi connectivity index (χ3v) is 3.03. The molecule has 3 nitrogen and oxygen atoms in total. The summed E-state index contributed by atoms with van der Waals surface area (Å²) in [7, 11) is 0. The van der Waals surface area contributed by atoms with E-state index in [9.17, 15) is 0 Å². The highest BCUT2D eigenvalue weighted by Gasteiger charge is 2.17. The molecular formula is C6H5N3S2. The zero-order valence-corrected chi connectivity index (χ0v) is 7.23. The van der Waals surface area contributed by atoms with Gasteiger partial charge in [-0.15, -0.1) is 11.8 Å². The van der Waals surface area contributed by atoms with Gasteiger partial charge in [-0.1, -0.05) is 6.08 Å². The monoisotopic (exact) mass is 183 g/mol. The van der Waals surface area contributed by atoms with Crippen LogP contribution in [0.4, 0.5) is 0 Å². The summed E-state index contributed by atoms with van der Waals surface area (Å²) in [5.41, 5.74) is 0. The van der Waals surface area contributed by atoms with Crippen LogP contribution in [-0.4, -0.2) is 15.4 Å². The van der Waals surface area contributed by atoms with Crippen LogP contribution >= 0.6 is 23.7 Å². The summed E-state index contributed by atoms with van der Waals surface area (Å²) >= 11 is 2.72. The molecule has 1 atom stereocenters. The molecule has 0 aliphatic carbocycles. The van der Waals surface area contributed by atoms with Gasteiger partial charge in [0.15, 0.2) is 11.6 Å². The van der Waals surface area contributed by atoms with E-state index in [0.29, 0.717) is 0 Å². The number of nitriles is 2. The van der Waals surface area contributed by atoms with Crippen molar-refractivity contribution in [1.82, 2.24) is 4.31 Å². The van der Waals surface area contributed by atoms with E-state index in [1.54, 1.807) is 0 Å². The Bertz CT molecular complexity index is 237. The normalized spacial score (nSPS) is 23.5. The Morgan fingerprint density at radius 1 is 1.55 bits per heavy atom. The molecule has 56 valence electrons. The van der Waals surface area contributed by atoms with Crippen LogP contribution in [0, 0.1) is 22.8 Å². The quantitative estimate of drug-likeness (QED) is 0.421. The van der Waals surface area contributed by atoms with Gasteiger partial charge in [0.25, 0.3) is 0 Å². The van der Waals surface area contributed by atoms with E-state index in [1.807, 2.05) is 17.7 Å². The van der Waals surface area contributed by atoms with Crippen LogP contribution in [0.3, 0.4) is 0 Å². The highest BCUT2D eigenvalue weighted by molar-refractivity contribution is 8.04. The third-order valence-electron chi connectivity index (χ3n) is 1.04. The second-order valence-corrected chi connectivity index (χ2v) is 3.71. The molecule has 0 aromatic rings. The summed E-state index contributed by atoms with van der Waals surface area (Å²) in [5, 5.41) is 18.7. The number of thioether (sulfide) groups is 1. The highest BCUT2D eigenvalue weighted by atomic mass is 32.2. The lowest BCUT2D eigenvalue weighted by molar-refractivity contribution is 0.690. The Kier molecular flexibility index (Phi) is 3.15. The van der Waals surface area contributed by atoms with Gasteiger partial charge in [0, 0.05) is 5.75 Å². The van der Waals surface area contributed by atoms with Crippen molar-refractivity contribution in [1.29, 1.82) is 10.5 Å². The van der Waals surface area contributed by atoms with Crippen LogP contribution < -0.4 is 0 Å². The lowest BCUT2D eigenvalue weighted by Gasteiger charge is -2.13. The maximum Gasteiger partial charge on any atom is 0.192 e. The summed E-state index contributed by atoms with van der Waals surface area (Å²) in [6, 6.07) is 2.05. The number of nitrogens with zero attached hydrogens (tertiary/aromatic N) is 3. The maximum absolute atomic E-state index is 8.61. The fraction of sp³-hybridized carbons (Fsp3) is 0.333. The average Bonchev–Trinajstić information content (AvgIpc) is 2.27. The van der Waals surface area contributed by atoms with Gasteiger partial charge in [0.2, 0.25) is 0 Å². The lowest BCUT2D eigenvalue weighted by atomic mass is 10.7. The van der Waals surface area contributed by atoms with Crippen LogP contribution in [0.15, 0.2) is 11.5 Å².